The van der Waals surface area contributed by atoms with Crippen LogP contribution in [0.2, 0.25) is 0 Å². The van der Waals surface area contributed by atoms with Crippen molar-refractivity contribution in [1.82, 2.24) is 4.98 Å². The van der Waals surface area contributed by atoms with E-state index in [1.165, 1.54) is 0 Å². The first-order valence-electron chi connectivity index (χ1n) is 5.32. The number of aromatic nitrogens is 1. The fraction of sp³-hybridized carbons (Fsp3) is 0.545. The summed E-state index contributed by atoms with van der Waals surface area (Å²) in [4.78, 5) is 6.45. The highest BCUT2D eigenvalue weighted by atomic mass is 19.1. The number of nitrogens with zero attached hydrogens (tertiary/aromatic N) is 2. The average molecular weight is 209 g/mol. The molecule has 15 heavy (non-hydrogen) atoms. The Hall–Kier alpha value is -1.32. The molecular formula is C11H16FN3. The van der Waals surface area contributed by atoms with Crippen LogP contribution in [0.4, 0.5) is 15.9 Å². The van der Waals surface area contributed by atoms with Crippen LogP contribution in [0.15, 0.2) is 18.3 Å². The van der Waals surface area contributed by atoms with Crippen molar-refractivity contribution in [2.45, 2.75) is 12.8 Å². The van der Waals surface area contributed by atoms with Crippen LogP contribution in [0.3, 0.4) is 0 Å². The molecule has 0 unspecified atom stereocenters. The quantitative estimate of drug-likeness (QED) is 0.808. The zero-order valence-electron chi connectivity index (χ0n) is 8.69. The molecule has 0 saturated carbocycles. The van der Waals surface area contributed by atoms with Crippen molar-refractivity contribution < 1.29 is 4.39 Å². The van der Waals surface area contributed by atoms with Crippen LogP contribution in [0.1, 0.15) is 12.8 Å². The SMILES string of the molecule is Nc1ccc(N2CCC(CF)CC2)nc1. The Bertz CT molecular complexity index is 304. The molecule has 0 aromatic carbocycles. The predicted molar refractivity (Wildman–Crippen MR) is 59.6 cm³/mol. The molecule has 1 fully saturated rings. The highest BCUT2D eigenvalue weighted by Gasteiger charge is 2.19. The first-order valence-corrected chi connectivity index (χ1v) is 5.32. The highest BCUT2D eigenvalue weighted by Crippen LogP contribution is 2.22. The maximum absolute atomic E-state index is 12.4. The van der Waals surface area contributed by atoms with Crippen molar-refractivity contribution >= 4 is 11.5 Å². The van der Waals surface area contributed by atoms with E-state index in [0.29, 0.717) is 5.69 Å². The Balaban J connectivity index is 1.98. The summed E-state index contributed by atoms with van der Waals surface area (Å²) in [5.41, 5.74) is 6.25. The molecule has 0 radical (unpaired) electrons. The molecule has 2 heterocycles. The summed E-state index contributed by atoms with van der Waals surface area (Å²) >= 11 is 0. The van der Waals surface area contributed by atoms with Gasteiger partial charge in [-0.2, -0.15) is 0 Å². The molecule has 2 rings (SSSR count). The topological polar surface area (TPSA) is 42.1 Å². The first-order chi connectivity index (χ1) is 7.29. The smallest absolute Gasteiger partial charge is 0.128 e. The summed E-state index contributed by atoms with van der Waals surface area (Å²) in [5, 5.41) is 0. The second-order valence-electron chi connectivity index (χ2n) is 4.03. The molecule has 0 atom stereocenters. The molecule has 82 valence electrons. The van der Waals surface area contributed by atoms with Crippen LogP contribution in [0.5, 0.6) is 0 Å². The Morgan fingerprint density at radius 2 is 2.13 bits per heavy atom. The minimum Gasteiger partial charge on any atom is -0.397 e. The number of alkyl halides is 1. The monoisotopic (exact) mass is 209 g/mol. The van der Waals surface area contributed by atoms with E-state index in [-0.39, 0.29) is 12.6 Å². The largest absolute Gasteiger partial charge is 0.397 e. The van der Waals surface area contributed by atoms with Crippen LogP contribution in [-0.2, 0) is 0 Å². The van der Waals surface area contributed by atoms with Crippen molar-refractivity contribution in [1.29, 1.82) is 0 Å². The lowest BCUT2D eigenvalue weighted by Crippen LogP contribution is -2.34. The lowest BCUT2D eigenvalue weighted by molar-refractivity contribution is 0.307. The number of rotatable bonds is 2. The predicted octanol–water partition coefficient (Wildman–Crippen LogP) is 1.85. The van der Waals surface area contributed by atoms with E-state index < -0.39 is 0 Å². The zero-order valence-corrected chi connectivity index (χ0v) is 8.69. The van der Waals surface area contributed by atoms with Gasteiger partial charge in [-0.1, -0.05) is 0 Å². The number of pyridine rings is 1. The standard InChI is InChI=1S/C11H16FN3/c12-7-9-3-5-15(6-4-9)11-2-1-10(13)8-14-11/h1-2,8-9H,3-7,13H2. The third kappa shape index (κ3) is 2.37. The Labute approximate surface area is 89.1 Å². The number of halogens is 1. The maximum atomic E-state index is 12.4. The lowest BCUT2D eigenvalue weighted by Gasteiger charge is -2.31. The number of nitrogen functional groups attached to an aromatic ring is 1. The van der Waals surface area contributed by atoms with Crippen LogP contribution in [0.25, 0.3) is 0 Å². The van der Waals surface area contributed by atoms with E-state index in [4.69, 9.17) is 5.73 Å². The third-order valence-corrected chi connectivity index (χ3v) is 2.93. The number of nitrogens with two attached hydrogens (primary N) is 1. The van der Waals surface area contributed by atoms with Gasteiger partial charge in [0, 0.05) is 13.1 Å². The van der Waals surface area contributed by atoms with Gasteiger partial charge >= 0.3 is 0 Å². The van der Waals surface area contributed by atoms with Crippen molar-refractivity contribution in [2.75, 3.05) is 30.4 Å². The van der Waals surface area contributed by atoms with Crippen molar-refractivity contribution in [3.05, 3.63) is 18.3 Å². The Morgan fingerprint density at radius 3 is 2.67 bits per heavy atom. The molecule has 2 N–H and O–H groups in total. The van der Waals surface area contributed by atoms with Crippen molar-refractivity contribution in [3.63, 3.8) is 0 Å². The molecule has 1 saturated heterocycles. The van der Waals surface area contributed by atoms with E-state index in [1.54, 1.807) is 6.20 Å². The molecule has 1 aromatic rings. The number of hydrogen-bond acceptors (Lipinski definition) is 3. The van der Waals surface area contributed by atoms with E-state index in [0.717, 1.165) is 31.7 Å². The van der Waals surface area contributed by atoms with Gasteiger partial charge in [0.25, 0.3) is 0 Å². The summed E-state index contributed by atoms with van der Waals surface area (Å²) in [6.07, 6.45) is 3.50. The molecule has 0 spiro atoms. The minimum absolute atomic E-state index is 0.191. The second-order valence-corrected chi connectivity index (χ2v) is 4.03. The van der Waals surface area contributed by atoms with Gasteiger partial charge < -0.3 is 10.6 Å². The second kappa shape index (κ2) is 4.47. The van der Waals surface area contributed by atoms with E-state index in [9.17, 15) is 4.39 Å². The Morgan fingerprint density at radius 1 is 1.40 bits per heavy atom. The van der Waals surface area contributed by atoms with Gasteiger partial charge in [0.05, 0.1) is 18.6 Å². The van der Waals surface area contributed by atoms with Crippen LogP contribution in [-0.4, -0.2) is 24.7 Å². The number of anilines is 2. The zero-order chi connectivity index (χ0) is 10.7. The molecule has 0 bridgehead atoms. The van der Waals surface area contributed by atoms with Gasteiger partial charge in [-0.05, 0) is 30.9 Å². The number of piperidine rings is 1. The van der Waals surface area contributed by atoms with E-state index in [1.807, 2.05) is 12.1 Å². The number of hydrogen-bond donors (Lipinski definition) is 1. The molecule has 1 aliphatic heterocycles. The van der Waals surface area contributed by atoms with Crippen LogP contribution >= 0.6 is 0 Å². The van der Waals surface area contributed by atoms with Crippen molar-refractivity contribution in [2.24, 2.45) is 5.92 Å². The summed E-state index contributed by atoms with van der Waals surface area (Å²) < 4.78 is 12.4. The fourth-order valence-electron chi connectivity index (χ4n) is 1.90. The molecule has 3 nitrogen and oxygen atoms in total. The molecular weight excluding hydrogens is 193 g/mol. The van der Waals surface area contributed by atoms with Gasteiger partial charge in [0.1, 0.15) is 5.82 Å². The minimum atomic E-state index is -0.191. The van der Waals surface area contributed by atoms with Gasteiger partial charge in [-0.25, -0.2) is 4.98 Å². The molecule has 1 aromatic heterocycles. The molecule has 0 aliphatic carbocycles. The lowest BCUT2D eigenvalue weighted by atomic mass is 9.98. The summed E-state index contributed by atoms with van der Waals surface area (Å²) in [5.74, 6) is 1.19. The van der Waals surface area contributed by atoms with E-state index >= 15 is 0 Å². The van der Waals surface area contributed by atoms with Crippen LogP contribution < -0.4 is 10.6 Å². The van der Waals surface area contributed by atoms with Crippen LogP contribution in [0, 0.1) is 5.92 Å². The van der Waals surface area contributed by atoms with E-state index in [2.05, 4.69) is 9.88 Å². The molecule has 1 aliphatic rings. The molecule has 4 heteroatoms. The van der Waals surface area contributed by atoms with Gasteiger partial charge in [-0.15, -0.1) is 0 Å². The maximum Gasteiger partial charge on any atom is 0.128 e. The summed E-state index contributed by atoms with van der Waals surface area (Å²) in [6.45, 7) is 1.60. The third-order valence-electron chi connectivity index (χ3n) is 2.93. The van der Waals surface area contributed by atoms with Gasteiger partial charge in [0.15, 0.2) is 0 Å². The summed E-state index contributed by atoms with van der Waals surface area (Å²) in [6, 6.07) is 3.77. The first kappa shape index (κ1) is 10.2. The van der Waals surface area contributed by atoms with Gasteiger partial charge in [0.2, 0.25) is 0 Å². The average Bonchev–Trinajstić information content (AvgIpc) is 2.30. The Kier molecular flexibility index (Phi) is 3.04. The molecule has 0 amide bonds. The van der Waals surface area contributed by atoms with Gasteiger partial charge in [-0.3, -0.25) is 4.39 Å². The highest BCUT2D eigenvalue weighted by molar-refractivity contribution is 5.45. The normalized spacial score (nSPS) is 18.1. The fourth-order valence-corrected chi connectivity index (χ4v) is 1.90. The summed E-state index contributed by atoms with van der Waals surface area (Å²) in [7, 11) is 0. The van der Waals surface area contributed by atoms with Crippen molar-refractivity contribution in [3.8, 4) is 0 Å².